The quantitative estimate of drug-likeness (QED) is 0.660. The van der Waals surface area contributed by atoms with Crippen LogP contribution >= 0.6 is 0 Å². The number of carbonyl (C=O) groups excluding carboxylic acids is 1. The number of esters is 1. The molecule has 0 fully saturated rings. The molecule has 10 heteroatoms. The highest BCUT2D eigenvalue weighted by molar-refractivity contribution is 7.92. The SMILES string of the molecule is COC(=O)c1cc(S(=O)(=O)N2CCc3cc(S(=O)(=O)N(C)C)ccc32)ccc1C. The van der Waals surface area contributed by atoms with Crippen molar-refractivity contribution in [2.45, 2.75) is 23.1 Å². The minimum absolute atomic E-state index is 0.0265. The molecule has 2 aromatic carbocycles. The van der Waals surface area contributed by atoms with Crippen molar-refractivity contribution in [1.29, 1.82) is 0 Å². The zero-order chi connectivity index (χ0) is 21.6. The average molecular weight is 439 g/mol. The molecule has 1 aliphatic rings. The van der Waals surface area contributed by atoms with Crippen molar-refractivity contribution in [3.8, 4) is 0 Å². The van der Waals surface area contributed by atoms with Crippen LogP contribution in [0.25, 0.3) is 0 Å². The van der Waals surface area contributed by atoms with Crippen LogP contribution in [-0.2, 0) is 31.2 Å². The minimum atomic E-state index is -3.93. The van der Waals surface area contributed by atoms with Crippen molar-refractivity contribution >= 4 is 31.7 Å². The van der Waals surface area contributed by atoms with Crippen molar-refractivity contribution in [1.82, 2.24) is 4.31 Å². The predicted octanol–water partition coefficient (Wildman–Crippen LogP) is 1.78. The van der Waals surface area contributed by atoms with Gasteiger partial charge in [-0.05, 0) is 54.8 Å². The van der Waals surface area contributed by atoms with Gasteiger partial charge in [0.15, 0.2) is 0 Å². The molecule has 0 saturated heterocycles. The van der Waals surface area contributed by atoms with Gasteiger partial charge in [-0.15, -0.1) is 0 Å². The fourth-order valence-corrected chi connectivity index (χ4v) is 5.67. The fourth-order valence-electron chi connectivity index (χ4n) is 3.19. The molecule has 3 rings (SSSR count). The summed E-state index contributed by atoms with van der Waals surface area (Å²) in [6.45, 7) is 1.88. The number of sulfonamides is 2. The Kier molecular flexibility index (Phi) is 5.46. The zero-order valence-corrected chi connectivity index (χ0v) is 18.2. The standard InChI is InChI=1S/C19H22N2O6S2/c1-13-5-6-16(12-17(13)19(22)27-4)29(25,26)21-10-9-14-11-15(7-8-18(14)21)28(23,24)20(2)3/h5-8,11-12H,9-10H2,1-4H3. The number of aryl methyl sites for hydroxylation is 1. The predicted molar refractivity (Wildman–Crippen MR) is 108 cm³/mol. The van der Waals surface area contributed by atoms with E-state index in [9.17, 15) is 21.6 Å². The van der Waals surface area contributed by atoms with Gasteiger partial charge >= 0.3 is 5.97 Å². The molecule has 1 heterocycles. The molecule has 0 saturated carbocycles. The van der Waals surface area contributed by atoms with Crippen LogP contribution in [0, 0.1) is 6.92 Å². The van der Waals surface area contributed by atoms with E-state index in [1.54, 1.807) is 13.0 Å². The van der Waals surface area contributed by atoms with Crippen LogP contribution in [0.1, 0.15) is 21.5 Å². The number of rotatable bonds is 5. The molecule has 2 aromatic rings. The first-order chi connectivity index (χ1) is 13.5. The molecule has 29 heavy (non-hydrogen) atoms. The van der Waals surface area contributed by atoms with Crippen LogP contribution in [-0.4, -0.2) is 54.9 Å². The van der Waals surface area contributed by atoms with E-state index in [2.05, 4.69) is 0 Å². The molecular weight excluding hydrogens is 416 g/mol. The van der Waals surface area contributed by atoms with Gasteiger partial charge in [0.05, 0.1) is 28.2 Å². The highest BCUT2D eigenvalue weighted by Crippen LogP contribution is 2.35. The summed E-state index contributed by atoms with van der Waals surface area (Å²) in [6, 6.07) is 8.72. The number of hydrogen-bond acceptors (Lipinski definition) is 6. The van der Waals surface area contributed by atoms with E-state index in [4.69, 9.17) is 4.74 Å². The Balaban J connectivity index is 2.03. The van der Waals surface area contributed by atoms with Gasteiger partial charge in [-0.2, -0.15) is 0 Å². The van der Waals surface area contributed by atoms with Crippen molar-refractivity contribution in [2.24, 2.45) is 0 Å². The number of anilines is 1. The molecule has 0 aliphatic carbocycles. The second-order valence-electron chi connectivity index (χ2n) is 6.87. The maximum absolute atomic E-state index is 13.2. The molecule has 0 atom stereocenters. The number of fused-ring (bicyclic) bond motifs is 1. The van der Waals surface area contributed by atoms with E-state index < -0.39 is 26.0 Å². The van der Waals surface area contributed by atoms with E-state index >= 15 is 0 Å². The highest BCUT2D eigenvalue weighted by Gasteiger charge is 2.32. The number of benzene rings is 2. The second kappa shape index (κ2) is 7.43. The summed E-state index contributed by atoms with van der Waals surface area (Å²) in [5.74, 6) is -0.611. The molecule has 0 amide bonds. The molecule has 0 bridgehead atoms. The number of ether oxygens (including phenoxy) is 1. The molecule has 0 radical (unpaired) electrons. The third-order valence-corrected chi connectivity index (χ3v) is 8.51. The highest BCUT2D eigenvalue weighted by atomic mass is 32.2. The Bertz CT molecular complexity index is 1190. The van der Waals surface area contributed by atoms with Gasteiger partial charge < -0.3 is 4.74 Å². The maximum atomic E-state index is 13.2. The van der Waals surface area contributed by atoms with E-state index in [0.29, 0.717) is 23.2 Å². The van der Waals surface area contributed by atoms with Crippen LogP contribution < -0.4 is 4.31 Å². The Hall–Kier alpha value is -2.43. The lowest BCUT2D eigenvalue weighted by atomic mass is 10.1. The summed E-state index contributed by atoms with van der Waals surface area (Å²) in [5, 5.41) is 0. The van der Waals surface area contributed by atoms with E-state index in [1.807, 2.05) is 0 Å². The zero-order valence-electron chi connectivity index (χ0n) is 16.5. The number of hydrogen-bond donors (Lipinski definition) is 0. The topological polar surface area (TPSA) is 101 Å². The molecule has 0 N–H and O–H groups in total. The average Bonchev–Trinajstić information content (AvgIpc) is 3.11. The van der Waals surface area contributed by atoms with Crippen LogP contribution in [0.15, 0.2) is 46.2 Å². The van der Waals surface area contributed by atoms with Gasteiger partial charge in [-0.1, -0.05) is 6.07 Å². The van der Waals surface area contributed by atoms with Crippen LogP contribution in [0.3, 0.4) is 0 Å². The Morgan fingerprint density at radius 1 is 1.03 bits per heavy atom. The van der Waals surface area contributed by atoms with Crippen molar-refractivity contribution in [2.75, 3.05) is 32.1 Å². The second-order valence-corrected chi connectivity index (χ2v) is 10.9. The van der Waals surface area contributed by atoms with Crippen molar-refractivity contribution in [3.63, 3.8) is 0 Å². The van der Waals surface area contributed by atoms with Gasteiger partial charge in [0.2, 0.25) is 10.0 Å². The first-order valence-corrected chi connectivity index (χ1v) is 11.7. The lowest BCUT2D eigenvalue weighted by Gasteiger charge is -2.20. The Morgan fingerprint density at radius 3 is 2.31 bits per heavy atom. The summed E-state index contributed by atoms with van der Waals surface area (Å²) in [4.78, 5) is 12.0. The van der Waals surface area contributed by atoms with Crippen molar-refractivity contribution < 1.29 is 26.4 Å². The van der Waals surface area contributed by atoms with E-state index in [-0.39, 0.29) is 21.9 Å². The van der Waals surface area contributed by atoms with Gasteiger partial charge in [0.25, 0.3) is 10.0 Å². The summed E-state index contributed by atoms with van der Waals surface area (Å²) in [7, 11) is -3.43. The normalized spacial score (nSPS) is 14.2. The first-order valence-electron chi connectivity index (χ1n) is 8.77. The monoisotopic (exact) mass is 438 g/mol. The molecule has 0 aromatic heterocycles. The summed E-state index contributed by atoms with van der Waals surface area (Å²) >= 11 is 0. The van der Waals surface area contributed by atoms with Gasteiger partial charge in [0.1, 0.15) is 0 Å². The minimum Gasteiger partial charge on any atom is -0.465 e. The largest absolute Gasteiger partial charge is 0.465 e. The third-order valence-electron chi connectivity index (χ3n) is 4.88. The van der Waals surface area contributed by atoms with Crippen LogP contribution in [0.4, 0.5) is 5.69 Å². The number of carbonyl (C=O) groups is 1. The van der Waals surface area contributed by atoms with Gasteiger partial charge in [0, 0.05) is 20.6 Å². The van der Waals surface area contributed by atoms with Crippen LogP contribution in [0.2, 0.25) is 0 Å². The van der Waals surface area contributed by atoms with Crippen molar-refractivity contribution in [3.05, 3.63) is 53.1 Å². The summed E-state index contributed by atoms with van der Waals surface area (Å²) < 4.78 is 58.2. The maximum Gasteiger partial charge on any atom is 0.338 e. The lowest BCUT2D eigenvalue weighted by Crippen LogP contribution is -2.29. The molecular formula is C19H22N2O6S2. The molecule has 0 spiro atoms. The number of nitrogens with zero attached hydrogens (tertiary/aromatic N) is 2. The smallest absolute Gasteiger partial charge is 0.338 e. The summed E-state index contributed by atoms with van der Waals surface area (Å²) in [6.07, 6.45) is 0.390. The van der Waals surface area contributed by atoms with Crippen LogP contribution in [0.5, 0.6) is 0 Å². The Morgan fingerprint density at radius 2 is 1.69 bits per heavy atom. The lowest BCUT2D eigenvalue weighted by molar-refractivity contribution is 0.0599. The molecule has 0 unspecified atom stereocenters. The fraction of sp³-hybridized carbons (Fsp3) is 0.316. The van der Waals surface area contributed by atoms with Gasteiger partial charge in [-0.3, -0.25) is 4.31 Å². The van der Waals surface area contributed by atoms with E-state index in [0.717, 1.165) is 4.31 Å². The molecule has 1 aliphatic heterocycles. The van der Waals surface area contributed by atoms with Gasteiger partial charge in [-0.25, -0.2) is 25.9 Å². The number of methoxy groups -OCH3 is 1. The molecule has 156 valence electrons. The Labute approximate surface area is 170 Å². The summed E-state index contributed by atoms with van der Waals surface area (Å²) in [5.41, 5.74) is 1.86. The third kappa shape index (κ3) is 3.63. The van der Waals surface area contributed by atoms with E-state index in [1.165, 1.54) is 55.8 Å². The molecule has 8 nitrogen and oxygen atoms in total. The first kappa shape index (κ1) is 21.3.